The number of nitrogens with one attached hydrogen (secondary N) is 1. The first-order valence-electron chi connectivity index (χ1n) is 5.35. The number of aryl methyl sites for hydroxylation is 1. The maximum absolute atomic E-state index is 13.7. The van der Waals surface area contributed by atoms with E-state index in [1.807, 2.05) is 0 Å². The number of hydrogen-bond acceptors (Lipinski definition) is 4. The van der Waals surface area contributed by atoms with Crippen LogP contribution in [0.2, 0.25) is 0 Å². The number of carbonyl (C=O) groups excluding carboxylic acids is 1. The molecule has 1 unspecified atom stereocenters. The molecule has 0 aliphatic carbocycles. The van der Waals surface area contributed by atoms with Crippen molar-refractivity contribution in [3.63, 3.8) is 0 Å². The van der Waals surface area contributed by atoms with Crippen molar-refractivity contribution in [1.29, 1.82) is 0 Å². The molecular weight excluding hydrogens is 294 g/mol. The number of amides is 1. The van der Waals surface area contributed by atoms with Crippen LogP contribution in [-0.2, 0) is 5.66 Å². The van der Waals surface area contributed by atoms with Crippen LogP contribution < -0.4 is 5.32 Å². The average Bonchev–Trinajstić information content (AvgIpc) is 2.73. The number of aromatic nitrogens is 2. The van der Waals surface area contributed by atoms with Gasteiger partial charge in [0.15, 0.2) is 0 Å². The van der Waals surface area contributed by atoms with Crippen molar-refractivity contribution in [3.8, 4) is 0 Å². The van der Waals surface area contributed by atoms with Crippen molar-refractivity contribution in [2.75, 3.05) is 5.32 Å². The highest BCUT2D eigenvalue weighted by atomic mass is 31.0. The zero-order valence-electron chi connectivity index (χ0n) is 10.2. The minimum Gasteiger partial charge on any atom is -0.408 e. The molecule has 1 atom stereocenters. The van der Waals surface area contributed by atoms with E-state index in [9.17, 15) is 18.0 Å². The van der Waals surface area contributed by atoms with E-state index in [-0.39, 0.29) is 11.9 Å². The normalized spacial score (nSPS) is 11.4. The number of hydrogen-bond donors (Lipinski definition) is 1. The Morgan fingerprint density at radius 3 is 2.60 bits per heavy atom. The first-order chi connectivity index (χ1) is 9.27. The largest absolute Gasteiger partial charge is 0.408 e. The summed E-state index contributed by atoms with van der Waals surface area (Å²) in [6.45, 7) is 1.51. The molecule has 1 aromatic carbocycles. The molecule has 0 saturated heterocycles. The van der Waals surface area contributed by atoms with Crippen LogP contribution in [0.1, 0.15) is 21.8 Å². The SMILES string of the molecule is Cc1nnc(NC(=O)c2ccc(C(F)(F)P)cc2F)o1. The fraction of sp³-hybridized carbons (Fsp3) is 0.182. The third-order valence-electron chi connectivity index (χ3n) is 2.35. The molecule has 0 spiro atoms. The fourth-order valence-corrected chi connectivity index (χ4v) is 1.60. The highest BCUT2D eigenvalue weighted by Crippen LogP contribution is 2.35. The molecule has 2 aromatic rings. The minimum atomic E-state index is -3.26. The van der Waals surface area contributed by atoms with Crippen molar-refractivity contribution >= 4 is 21.2 Å². The summed E-state index contributed by atoms with van der Waals surface area (Å²) in [5.74, 6) is -1.72. The standard InChI is InChI=1S/C11H9F3N3O2P/c1-5-16-17-10(19-5)15-9(18)7-3-2-6(4-8(7)12)11(13,14)20/h2-4H,20H2,1H3,(H,15,17,18). The monoisotopic (exact) mass is 303 g/mol. The van der Waals surface area contributed by atoms with E-state index >= 15 is 0 Å². The van der Waals surface area contributed by atoms with Gasteiger partial charge in [-0.1, -0.05) is 20.4 Å². The summed E-state index contributed by atoms with van der Waals surface area (Å²) < 4.78 is 44.5. The predicted octanol–water partition coefficient (Wildman–Crippen LogP) is 2.69. The van der Waals surface area contributed by atoms with Crippen molar-refractivity contribution in [1.82, 2.24) is 10.2 Å². The quantitative estimate of drug-likeness (QED) is 0.885. The summed E-state index contributed by atoms with van der Waals surface area (Å²) in [5.41, 5.74) is -4.22. The van der Waals surface area contributed by atoms with E-state index in [4.69, 9.17) is 4.42 Å². The van der Waals surface area contributed by atoms with Gasteiger partial charge in [-0.2, -0.15) is 8.78 Å². The van der Waals surface area contributed by atoms with E-state index in [0.717, 1.165) is 12.1 Å². The molecule has 0 bridgehead atoms. The molecule has 1 heterocycles. The zero-order chi connectivity index (χ0) is 14.9. The van der Waals surface area contributed by atoms with Crippen LogP contribution in [0.3, 0.4) is 0 Å². The summed E-state index contributed by atoms with van der Waals surface area (Å²) in [4.78, 5) is 11.7. The molecule has 0 saturated carbocycles. The number of halogens is 3. The van der Waals surface area contributed by atoms with Crippen LogP contribution in [0, 0.1) is 12.7 Å². The Labute approximate surface area is 113 Å². The van der Waals surface area contributed by atoms with E-state index in [0.29, 0.717) is 6.07 Å². The molecule has 2 rings (SSSR count). The maximum Gasteiger partial charge on any atom is 0.322 e. The molecule has 9 heteroatoms. The van der Waals surface area contributed by atoms with Crippen LogP contribution in [0.5, 0.6) is 0 Å². The Balaban J connectivity index is 2.22. The molecule has 0 fully saturated rings. The van der Waals surface area contributed by atoms with Crippen LogP contribution in [0.25, 0.3) is 0 Å². The van der Waals surface area contributed by atoms with Crippen molar-refractivity contribution < 1.29 is 22.4 Å². The molecule has 0 radical (unpaired) electrons. The van der Waals surface area contributed by atoms with E-state index in [1.165, 1.54) is 16.2 Å². The second-order valence-corrected chi connectivity index (χ2v) is 4.62. The Morgan fingerprint density at radius 1 is 1.40 bits per heavy atom. The lowest BCUT2D eigenvalue weighted by Crippen LogP contribution is -2.15. The number of benzene rings is 1. The second-order valence-electron chi connectivity index (χ2n) is 3.90. The number of alkyl halides is 2. The second kappa shape index (κ2) is 5.20. The Kier molecular flexibility index (Phi) is 3.76. The predicted molar refractivity (Wildman–Crippen MR) is 67.0 cm³/mol. The lowest BCUT2D eigenvalue weighted by atomic mass is 10.1. The molecule has 106 valence electrons. The molecular formula is C11H9F3N3O2P. The summed E-state index contributed by atoms with van der Waals surface area (Å²) in [7, 11) is 1.29. The van der Waals surface area contributed by atoms with Crippen molar-refractivity contribution in [3.05, 3.63) is 41.0 Å². The number of nitrogens with zero attached hydrogens (tertiary/aromatic N) is 2. The highest BCUT2D eigenvalue weighted by molar-refractivity contribution is 7.17. The molecule has 0 aliphatic heterocycles. The maximum atomic E-state index is 13.7. The van der Waals surface area contributed by atoms with Gasteiger partial charge in [-0.15, -0.1) is 5.10 Å². The first-order valence-corrected chi connectivity index (χ1v) is 5.93. The molecule has 20 heavy (non-hydrogen) atoms. The Bertz CT molecular complexity index is 655. The summed E-state index contributed by atoms with van der Waals surface area (Å²) >= 11 is 0. The smallest absolute Gasteiger partial charge is 0.322 e. The van der Waals surface area contributed by atoms with Gasteiger partial charge in [0.1, 0.15) is 5.82 Å². The first kappa shape index (κ1) is 14.5. The van der Waals surface area contributed by atoms with E-state index in [2.05, 4.69) is 15.5 Å². The molecule has 1 aromatic heterocycles. The Morgan fingerprint density at radius 2 is 2.10 bits per heavy atom. The summed E-state index contributed by atoms with van der Waals surface area (Å²) in [6.07, 6.45) is 0. The van der Waals surface area contributed by atoms with E-state index < -0.39 is 28.5 Å². The van der Waals surface area contributed by atoms with Gasteiger partial charge >= 0.3 is 6.01 Å². The molecule has 1 amide bonds. The third kappa shape index (κ3) is 3.14. The molecule has 0 aliphatic rings. The topological polar surface area (TPSA) is 68.0 Å². The van der Waals surface area contributed by atoms with Gasteiger partial charge in [0.05, 0.1) is 5.56 Å². The van der Waals surface area contributed by atoms with Gasteiger partial charge in [-0.25, -0.2) is 4.39 Å². The van der Waals surface area contributed by atoms with Gasteiger partial charge < -0.3 is 4.42 Å². The van der Waals surface area contributed by atoms with Crippen molar-refractivity contribution in [2.45, 2.75) is 12.6 Å². The minimum absolute atomic E-state index is 0.202. The number of rotatable bonds is 3. The number of anilines is 1. The van der Waals surface area contributed by atoms with Gasteiger partial charge in [-0.3, -0.25) is 10.1 Å². The van der Waals surface area contributed by atoms with Gasteiger partial charge in [0.2, 0.25) is 5.89 Å². The lowest BCUT2D eigenvalue weighted by Gasteiger charge is -2.11. The van der Waals surface area contributed by atoms with Crippen LogP contribution in [0.4, 0.5) is 19.2 Å². The van der Waals surface area contributed by atoms with Crippen LogP contribution in [-0.4, -0.2) is 16.1 Å². The van der Waals surface area contributed by atoms with Gasteiger partial charge in [0.25, 0.3) is 11.6 Å². The molecule has 5 nitrogen and oxygen atoms in total. The highest BCUT2D eigenvalue weighted by Gasteiger charge is 2.26. The van der Waals surface area contributed by atoms with Crippen LogP contribution >= 0.6 is 9.24 Å². The van der Waals surface area contributed by atoms with Crippen molar-refractivity contribution in [2.24, 2.45) is 0 Å². The number of carbonyl (C=O) groups is 1. The lowest BCUT2D eigenvalue weighted by molar-refractivity contribution is 0.100. The summed E-state index contributed by atoms with van der Waals surface area (Å²) in [6, 6.07) is 2.32. The zero-order valence-corrected chi connectivity index (χ0v) is 11.3. The van der Waals surface area contributed by atoms with E-state index in [1.54, 1.807) is 0 Å². The molecule has 1 N–H and O–H groups in total. The third-order valence-corrected chi connectivity index (χ3v) is 2.68. The van der Waals surface area contributed by atoms with Gasteiger partial charge in [0, 0.05) is 12.5 Å². The summed E-state index contributed by atoms with van der Waals surface area (Å²) in [5, 5.41) is 9.14. The Hall–Kier alpha value is -1.95. The van der Waals surface area contributed by atoms with Crippen LogP contribution in [0.15, 0.2) is 22.6 Å². The fourth-order valence-electron chi connectivity index (χ4n) is 1.42. The van der Waals surface area contributed by atoms with Gasteiger partial charge in [-0.05, 0) is 12.1 Å². The average molecular weight is 303 g/mol.